The number of benzene rings is 2. The number of halogens is 2. The van der Waals surface area contributed by atoms with Crippen molar-refractivity contribution in [3.63, 3.8) is 0 Å². The molecular formula is C14H11Br2NO3. The standard InChI is InChI=1S/C14H11Br2NO3/c1-8-5-11(6-9(2)14(8)16)20-13-7-10(15)3-4-12(13)17(18)19/h3-7H,1-2H3. The van der Waals surface area contributed by atoms with Gasteiger partial charge in [0.05, 0.1) is 4.92 Å². The van der Waals surface area contributed by atoms with Crippen LogP contribution in [0.5, 0.6) is 11.5 Å². The third-order valence-electron chi connectivity index (χ3n) is 2.76. The van der Waals surface area contributed by atoms with E-state index >= 15 is 0 Å². The van der Waals surface area contributed by atoms with Crippen molar-refractivity contribution in [3.8, 4) is 11.5 Å². The van der Waals surface area contributed by atoms with Crippen molar-refractivity contribution in [2.75, 3.05) is 0 Å². The molecule has 0 aliphatic heterocycles. The fourth-order valence-electron chi connectivity index (χ4n) is 1.81. The van der Waals surface area contributed by atoms with Crippen molar-refractivity contribution in [2.45, 2.75) is 13.8 Å². The van der Waals surface area contributed by atoms with Crippen molar-refractivity contribution in [2.24, 2.45) is 0 Å². The van der Waals surface area contributed by atoms with Crippen molar-refractivity contribution in [3.05, 3.63) is 60.5 Å². The average Bonchev–Trinajstić information content (AvgIpc) is 2.35. The second-order valence-corrected chi connectivity index (χ2v) is 6.05. The first-order valence-electron chi connectivity index (χ1n) is 5.77. The highest BCUT2D eigenvalue weighted by molar-refractivity contribution is 9.10. The molecule has 0 saturated heterocycles. The molecule has 2 aromatic rings. The van der Waals surface area contributed by atoms with Crippen LogP contribution in [0.2, 0.25) is 0 Å². The highest BCUT2D eigenvalue weighted by atomic mass is 79.9. The van der Waals surface area contributed by atoms with Gasteiger partial charge in [-0.2, -0.15) is 0 Å². The van der Waals surface area contributed by atoms with Gasteiger partial charge in [0.2, 0.25) is 5.75 Å². The summed E-state index contributed by atoms with van der Waals surface area (Å²) >= 11 is 6.77. The van der Waals surface area contributed by atoms with E-state index in [9.17, 15) is 10.1 Å². The Bertz CT molecular complexity index is 663. The second-order valence-electron chi connectivity index (χ2n) is 4.34. The lowest BCUT2D eigenvalue weighted by Gasteiger charge is -2.10. The van der Waals surface area contributed by atoms with E-state index in [0.29, 0.717) is 5.75 Å². The summed E-state index contributed by atoms with van der Waals surface area (Å²) in [6.45, 7) is 3.89. The molecule has 0 aromatic heterocycles. The zero-order valence-electron chi connectivity index (χ0n) is 10.8. The Morgan fingerprint density at radius 1 is 1.10 bits per heavy atom. The van der Waals surface area contributed by atoms with E-state index in [-0.39, 0.29) is 11.4 Å². The zero-order chi connectivity index (χ0) is 14.9. The van der Waals surface area contributed by atoms with Gasteiger partial charge in [0.25, 0.3) is 0 Å². The van der Waals surface area contributed by atoms with Gasteiger partial charge in [-0.1, -0.05) is 31.9 Å². The minimum Gasteiger partial charge on any atom is -0.450 e. The summed E-state index contributed by atoms with van der Waals surface area (Å²) in [6, 6.07) is 8.29. The number of aryl methyl sites for hydroxylation is 2. The first-order chi connectivity index (χ1) is 9.38. The Kier molecular flexibility index (Phi) is 4.45. The average molecular weight is 401 g/mol. The molecule has 0 spiro atoms. The van der Waals surface area contributed by atoms with Crippen LogP contribution in [0, 0.1) is 24.0 Å². The number of ether oxygens (including phenoxy) is 1. The van der Waals surface area contributed by atoms with Gasteiger partial charge in [-0.15, -0.1) is 0 Å². The SMILES string of the molecule is Cc1cc(Oc2cc(Br)ccc2[N+](=O)[O-])cc(C)c1Br. The zero-order valence-corrected chi connectivity index (χ0v) is 14.0. The van der Waals surface area contributed by atoms with Crippen LogP contribution >= 0.6 is 31.9 Å². The molecule has 0 N–H and O–H groups in total. The number of hydrogen-bond acceptors (Lipinski definition) is 3. The highest BCUT2D eigenvalue weighted by Gasteiger charge is 2.16. The van der Waals surface area contributed by atoms with Gasteiger partial charge in [0.1, 0.15) is 5.75 Å². The second kappa shape index (κ2) is 5.93. The lowest BCUT2D eigenvalue weighted by atomic mass is 10.1. The Hall–Kier alpha value is -1.40. The maximum absolute atomic E-state index is 11.0. The molecule has 6 heteroatoms. The normalized spacial score (nSPS) is 10.4. The van der Waals surface area contributed by atoms with E-state index in [0.717, 1.165) is 20.1 Å². The van der Waals surface area contributed by atoms with E-state index in [2.05, 4.69) is 31.9 Å². The number of nitro groups is 1. The maximum Gasteiger partial charge on any atom is 0.311 e. The molecule has 0 atom stereocenters. The first-order valence-corrected chi connectivity index (χ1v) is 7.35. The van der Waals surface area contributed by atoms with Crippen LogP contribution in [0.4, 0.5) is 5.69 Å². The maximum atomic E-state index is 11.0. The molecule has 0 aliphatic rings. The predicted octanol–water partition coefficient (Wildman–Crippen LogP) is 5.53. The first kappa shape index (κ1) is 15.0. The third kappa shape index (κ3) is 3.19. The quantitative estimate of drug-likeness (QED) is 0.502. The lowest BCUT2D eigenvalue weighted by molar-refractivity contribution is -0.385. The van der Waals surface area contributed by atoms with Crippen LogP contribution in [0.15, 0.2) is 39.3 Å². The lowest BCUT2D eigenvalue weighted by Crippen LogP contribution is -1.94. The van der Waals surface area contributed by atoms with Gasteiger partial charge < -0.3 is 4.74 Å². The fraction of sp³-hybridized carbons (Fsp3) is 0.143. The summed E-state index contributed by atoms with van der Waals surface area (Å²) in [7, 11) is 0. The van der Waals surface area contributed by atoms with Crippen LogP contribution in [-0.2, 0) is 0 Å². The summed E-state index contributed by atoms with van der Waals surface area (Å²) < 4.78 is 7.41. The number of nitro benzene ring substituents is 1. The van der Waals surface area contributed by atoms with Gasteiger partial charge in [-0.05, 0) is 43.2 Å². The fourth-order valence-corrected chi connectivity index (χ4v) is 2.38. The van der Waals surface area contributed by atoms with Crippen molar-refractivity contribution in [1.82, 2.24) is 0 Å². The monoisotopic (exact) mass is 399 g/mol. The minimum atomic E-state index is -0.458. The third-order valence-corrected chi connectivity index (χ3v) is 4.50. The molecular weight excluding hydrogens is 390 g/mol. The molecule has 0 amide bonds. The Morgan fingerprint density at radius 3 is 2.25 bits per heavy atom. The summed E-state index contributed by atoms with van der Waals surface area (Å²) in [5.41, 5.74) is 1.96. The molecule has 0 bridgehead atoms. The van der Waals surface area contributed by atoms with E-state index in [1.165, 1.54) is 6.07 Å². The van der Waals surface area contributed by atoms with Gasteiger partial charge in [-0.3, -0.25) is 10.1 Å². The van der Waals surface area contributed by atoms with Crippen LogP contribution in [0.3, 0.4) is 0 Å². The summed E-state index contributed by atoms with van der Waals surface area (Å²) in [4.78, 5) is 10.6. The smallest absolute Gasteiger partial charge is 0.311 e. The van der Waals surface area contributed by atoms with Gasteiger partial charge >= 0.3 is 5.69 Å². The Balaban J connectivity index is 2.44. The van der Waals surface area contributed by atoms with E-state index in [1.807, 2.05) is 26.0 Å². The Morgan fingerprint density at radius 2 is 1.70 bits per heavy atom. The molecule has 20 heavy (non-hydrogen) atoms. The molecule has 4 nitrogen and oxygen atoms in total. The van der Waals surface area contributed by atoms with Crippen molar-refractivity contribution >= 4 is 37.5 Å². The molecule has 0 fully saturated rings. The van der Waals surface area contributed by atoms with Gasteiger partial charge in [0.15, 0.2) is 0 Å². The molecule has 0 radical (unpaired) electrons. The van der Waals surface area contributed by atoms with Crippen molar-refractivity contribution in [1.29, 1.82) is 0 Å². The van der Waals surface area contributed by atoms with Crippen LogP contribution < -0.4 is 4.74 Å². The van der Waals surface area contributed by atoms with Gasteiger partial charge in [-0.25, -0.2) is 0 Å². The topological polar surface area (TPSA) is 52.4 Å². The number of hydrogen-bond donors (Lipinski definition) is 0. The minimum absolute atomic E-state index is 0.0635. The molecule has 104 valence electrons. The summed E-state index contributed by atoms with van der Waals surface area (Å²) in [5.74, 6) is 0.787. The molecule has 0 saturated carbocycles. The summed E-state index contributed by atoms with van der Waals surface area (Å²) in [5, 5.41) is 11.0. The molecule has 2 aromatic carbocycles. The summed E-state index contributed by atoms with van der Waals surface area (Å²) in [6.07, 6.45) is 0. The highest BCUT2D eigenvalue weighted by Crippen LogP contribution is 2.35. The largest absolute Gasteiger partial charge is 0.450 e. The van der Waals surface area contributed by atoms with Crippen LogP contribution in [0.1, 0.15) is 11.1 Å². The molecule has 0 heterocycles. The van der Waals surface area contributed by atoms with E-state index < -0.39 is 4.92 Å². The van der Waals surface area contributed by atoms with Crippen molar-refractivity contribution < 1.29 is 9.66 Å². The number of rotatable bonds is 3. The van der Waals surface area contributed by atoms with Gasteiger partial charge in [0, 0.05) is 21.1 Å². The molecule has 2 rings (SSSR count). The van der Waals surface area contributed by atoms with E-state index in [4.69, 9.17) is 4.74 Å². The predicted molar refractivity (Wildman–Crippen MR) is 84.5 cm³/mol. The number of nitrogens with zero attached hydrogens (tertiary/aromatic N) is 1. The van der Waals surface area contributed by atoms with E-state index in [1.54, 1.807) is 12.1 Å². The Labute approximate surface area is 133 Å². The van der Waals surface area contributed by atoms with Crippen LogP contribution in [0.25, 0.3) is 0 Å². The molecule has 0 unspecified atom stereocenters. The van der Waals surface area contributed by atoms with Crippen LogP contribution in [-0.4, -0.2) is 4.92 Å². The molecule has 0 aliphatic carbocycles.